The molecule has 2 aromatic heterocycles. The zero-order valence-corrected chi connectivity index (χ0v) is 12.6. The van der Waals surface area contributed by atoms with Gasteiger partial charge in [-0.05, 0) is 13.0 Å². The smallest absolute Gasteiger partial charge is 0.272 e. The fraction of sp³-hybridized carbons (Fsp3) is 0.357. The number of anilines is 1. The summed E-state index contributed by atoms with van der Waals surface area (Å²) in [5.74, 6) is -0.00535. The Labute approximate surface area is 130 Å². The van der Waals surface area contributed by atoms with E-state index in [2.05, 4.69) is 15.0 Å². The Bertz CT molecular complexity index is 752. The number of pyridine rings is 1. The van der Waals surface area contributed by atoms with Gasteiger partial charge in [-0.2, -0.15) is 4.39 Å². The maximum absolute atomic E-state index is 13.3. The lowest BCUT2D eigenvalue weighted by Crippen LogP contribution is -2.44. The predicted molar refractivity (Wildman–Crippen MR) is 80.7 cm³/mol. The van der Waals surface area contributed by atoms with Gasteiger partial charge in [-0.3, -0.25) is 4.79 Å². The van der Waals surface area contributed by atoms with Gasteiger partial charge in [0.25, 0.3) is 5.56 Å². The van der Waals surface area contributed by atoms with Crippen molar-refractivity contribution in [2.75, 3.05) is 24.7 Å². The Morgan fingerprint density at radius 3 is 3.09 bits per heavy atom. The molecule has 1 aliphatic rings. The van der Waals surface area contributed by atoms with E-state index in [1.54, 1.807) is 6.07 Å². The summed E-state index contributed by atoms with van der Waals surface area (Å²) < 4.78 is 18.6. The summed E-state index contributed by atoms with van der Waals surface area (Å²) in [6, 6.07) is 2.82. The van der Waals surface area contributed by atoms with E-state index in [0.29, 0.717) is 31.1 Å². The van der Waals surface area contributed by atoms with Gasteiger partial charge in [0, 0.05) is 24.4 Å². The molecule has 6 nitrogen and oxygen atoms in total. The maximum Gasteiger partial charge on any atom is 0.272 e. The Morgan fingerprint density at radius 2 is 2.36 bits per heavy atom. The molecule has 0 bridgehead atoms. The van der Waals surface area contributed by atoms with Crippen molar-refractivity contribution in [3.8, 4) is 11.4 Å². The first-order valence-electron chi connectivity index (χ1n) is 6.82. The zero-order valence-electron chi connectivity index (χ0n) is 11.8. The number of rotatable bonds is 2. The molecule has 0 unspecified atom stereocenters. The molecule has 0 saturated carbocycles. The molecule has 0 aromatic carbocycles. The van der Waals surface area contributed by atoms with Gasteiger partial charge >= 0.3 is 0 Å². The van der Waals surface area contributed by atoms with Crippen molar-refractivity contribution in [3.05, 3.63) is 39.7 Å². The number of hydrogen-bond acceptors (Lipinski definition) is 5. The number of H-pyrrole nitrogens is 1. The molecule has 0 amide bonds. The highest BCUT2D eigenvalue weighted by Gasteiger charge is 2.24. The van der Waals surface area contributed by atoms with E-state index >= 15 is 0 Å². The van der Waals surface area contributed by atoms with E-state index in [1.165, 1.54) is 12.3 Å². The summed E-state index contributed by atoms with van der Waals surface area (Å²) in [5.41, 5.74) is -0.0268. The Hall–Kier alpha value is -1.99. The van der Waals surface area contributed by atoms with Crippen molar-refractivity contribution in [1.29, 1.82) is 0 Å². The minimum absolute atomic E-state index is 0.0204. The lowest BCUT2D eigenvalue weighted by atomic mass is 10.2. The standard InChI is InChI=1S/C14H14ClFN4O2/c1-8-7-22-5-4-20(8)13-11(15)14(21)19-12(18-13)9-2-3-17-10(16)6-9/h2-3,6,8H,4-5,7H2,1H3,(H,18,19,21)/t8-/m0/s1. The van der Waals surface area contributed by atoms with E-state index in [4.69, 9.17) is 16.3 Å². The summed E-state index contributed by atoms with van der Waals surface area (Å²) in [6.07, 6.45) is 1.32. The minimum atomic E-state index is -0.642. The predicted octanol–water partition coefficient (Wildman–Crippen LogP) is 1.85. The van der Waals surface area contributed by atoms with Crippen LogP contribution < -0.4 is 10.5 Å². The first kappa shape index (κ1) is 14.9. The summed E-state index contributed by atoms with van der Waals surface area (Å²) in [6.45, 7) is 3.62. The van der Waals surface area contributed by atoms with Crippen molar-refractivity contribution in [1.82, 2.24) is 15.0 Å². The van der Waals surface area contributed by atoms with Gasteiger partial charge in [-0.15, -0.1) is 0 Å². The molecule has 3 rings (SSSR count). The van der Waals surface area contributed by atoms with Crippen molar-refractivity contribution in [2.45, 2.75) is 13.0 Å². The molecule has 0 radical (unpaired) electrons. The van der Waals surface area contributed by atoms with Crippen LogP contribution in [0.3, 0.4) is 0 Å². The van der Waals surface area contributed by atoms with Crippen molar-refractivity contribution in [2.24, 2.45) is 0 Å². The molecular weight excluding hydrogens is 311 g/mol. The molecule has 116 valence electrons. The lowest BCUT2D eigenvalue weighted by molar-refractivity contribution is 0.0985. The highest BCUT2D eigenvalue weighted by Crippen LogP contribution is 2.26. The fourth-order valence-corrected chi connectivity index (χ4v) is 2.56. The number of nitrogens with zero attached hydrogens (tertiary/aromatic N) is 3. The quantitative estimate of drug-likeness (QED) is 0.854. The van der Waals surface area contributed by atoms with Gasteiger partial charge in [0.2, 0.25) is 5.95 Å². The highest BCUT2D eigenvalue weighted by molar-refractivity contribution is 6.32. The second-order valence-electron chi connectivity index (χ2n) is 5.04. The normalized spacial score (nSPS) is 18.5. The van der Waals surface area contributed by atoms with Gasteiger partial charge in [-0.25, -0.2) is 9.97 Å². The number of ether oxygens (including phenoxy) is 1. The fourth-order valence-electron chi connectivity index (χ4n) is 2.37. The van der Waals surface area contributed by atoms with Crippen LogP contribution in [0.4, 0.5) is 10.2 Å². The van der Waals surface area contributed by atoms with Crippen LogP contribution in [0.5, 0.6) is 0 Å². The first-order chi connectivity index (χ1) is 10.6. The number of morpholine rings is 1. The van der Waals surface area contributed by atoms with E-state index in [-0.39, 0.29) is 16.9 Å². The van der Waals surface area contributed by atoms with Crippen LogP contribution in [-0.2, 0) is 4.74 Å². The Kier molecular flexibility index (Phi) is 4.08. The Morgan fingerprint density at radius 1 is 1.55 bits per heavy atom. The average Bonchev–Trinajstić information content (AvgIpc) is 2.51. The molecule has 0 aliphatic carbocycles. The second kappa shape index (κ2) is 6.02. The van der Waals surface area contributed by atoms with E-state index in [0.717, 1.165) is 0 Å². The molecule has 0 spiro atoms. The Balaban J connectivity index is 2.09. The summed E-state index contributed by atoms with van der Waals surface area (Å²) in [5, 5.41) is 0.0204. The zero-order chi connectivity index (χ0) is 15.7. The highest BCUT2D eigenvalue weighted by atomic mass is 35.5. The second-order valence-corrected chi connectivity index (χ2v) is 5.41. The third-order valence-corrected chi connectivity index (χ3v) is 3.83. The summed E-state index contributed by atoms with van der Waals surface area (Å²) >= 11 is 6.11. The van der Waals surface area contributed by atoms with Crippen LogP contribution in [0.1, 0.15) is 6.92 Å². The number of halogens is 2. The van der Waals surface area contributed by atoms with Crippen LogP contribution in [0.2, 0.25) is 5.02 Å². The van der Waals surface area contributed by atoms with Gasteiger partial charge in [0.15, 0.2) is 5.82 Å². The number of aromatic amines is 1. The van der Waals surface area contributed by atoms with Crippen LogP contribution >= 0.6 is 11.6 Å². The lowest BCUT2D eigenvalue weighted by Gasteiger charge is -2.34. The van der Waals surface area contributed by atoms with Crippen LogP contribution in [0.25, 0.3) is 11.4 Å². The summed E-state index contributed by atoms with van der Waals surface area (Å²) in [7, 11) is 0. The molecule has 1 fully saturated rings. The monoisotopic (exact) mass is 324 g/mol. The van der Waals surface area contributed by atoms with Crippen molar-refractivity contribution < 1.29 is 9.13 Å². The van der Waals surface area contributed by atoms with Crippen LogP contribution in [-0.4, -0.2) is 40.8 Å². The van der Waals surface area contributed by atoms with Crippen LogP contribution in [0, 0.1) is 5.95 Å². The van der Waals surface area contributed by atoms with Crippen LogP contribution in [0.15, 0.2) is 23.1 Å². The molecule has 2 aromatic rings. The molecule has 1 N–H and O–H groups in total. The number of nitrogens with one attached hydrogen (secondary N) is 1. The van der Waals surface area contributed by atoms with Gasteiger partial charge in [0.05, 0.1) is 19.3 Å². The average molecular weight is 325 g/mol. The minimum Gasteiger partial charge on any atom is -0.377 e. The molecule has 22 heavy (non-hydrogen) atoms. The van der Waals surface area contributed by atoms with E-state index in [1.807, 2.05) is 11.8 Å². The molecule has 1 aliphatic heterocycles. The molecule has 3 heterocycles. The SMILES string of the molecule is C[C@H]1COCCN1c1nc(-c2ccnc(F)c2)[nH]c(=O)c1Cl. The molecule has 1 atom stereocenters. The van der Waals surface area contributed by atoms with Gasteiger partial charge in [-0.1, -0.05) is 11.6 Å². The van der Waals surface area contributed by atoms with Gasteiger partial charge in [0.1, 0.15) is 10.8 Å². The van der Waals surface area contributed by atoms with Crippen molar-refractivity contribution >= 4 is 17.4 Å². The third-order valence-electron chi connectivity index (χ3n) is 3.49. The van der Waals surface area contributed by atoms with Crippen molar-refractivity contribution in [3.63, 3.8) is 0 Å². The summed E-state index contributed by atoms with van der Waals surface area (Å²) in [4.78, 5) is 24.5. The van der Waals surface area contributed by atoms with E-state index < -0.39 is 11.5 Å². The topological polar surface area (TPSA) is 71.1 Å². The molecule has 1 saturated heterocycles. The van der Waals surface area contributed by atoms with E-state index in [9.17, 15) is 9.18 Å². The number of aromatic nitrogens is 3. The third kappa shape index (κ3) is 2.82. The molecular formula is C14H14ClFN4O2. The molecule has 8 heteroatoms. The largest absolute Gasteiger partial charge is 0.377 e. The number of hydrogen-bond donors (Lipinski definition) is 1. The van der Waals surface area contributed by atoms with Gasteiger partial charge < -0.3 is 14.6 Å². The first-order valence-corrected chi connectivity index (χ1v) is 7.20. The maximum atomic E-state index is 13.3.